The van der Waals surface area contributed by atoms with Crippen LogP contribution in [0.2, 0.25) is 0 Å². The van der Waals surface area contributed by atoms with Gasteiger partial charge in [-0.15, -0.1) is 0 Å². The maximum absolute atomic E-state index is 5.52. The first-order chi connectivity index (χ1) is 5.77. The Bertz CT molecular complexity index is 276. The Labute approximate surface area is 71.1 Å². The number of nitrogen functional groups attached to an aromatic ring is 1. The molecule has 3 N–H and O–H groups in total. The summed E-state index contributed by atoms with van der Waals surface area (Å²) in [6, 6.07) is 0. The number of hydrogen-bond acceptors (Lipinski definition) is 3. The fourth-order valence-electron chi connectivity index (χ4n) is 1.60. The van der Waals surface area contributed by atoms with Crippen LogP contribution in [0.3, 0.4) is 0 Å². The van der Waals surface area contributed by atoms with Crippen LogP contribution in [0.1, 0.15) is 30.3 Å². The van der Waals surface area contributed by atoms with Crippen LogP contribution in [0.5, 0.6) is 0 Å². The zero-order valence-corrected chi connectivity index (χ0v) is 7.13. The van der Waals surface area contributed by atoms with Crippen molar-refractivity contribution in [2.24, 2.45) is 0 Å². The second-order valence-electron chi connectivity index (χ2n) is 3.13. The quantitative estimate of drug-likeness (QED) is 0.659. The van der Waals surface area contributed by atoms with E-state index in [2.05, 4.69) is 9.97 Å². The number of aromatic nitrogens is 2. The Balaban J connectivity index is 2.25. The lowest BCUT2D eigenvalue weighted by molar-refractivity contribution is 0.108. The third-order valence-corrected chi connectivity index (χ3v) is 2.18. The van der Waals surface area contributed by atoms with E-state index in [4.69, 9.17) is 10.5 Å². The standard InChI is InChI=1S/C8H13N3O/c1-5-7(11-8(9)10-5)6-3-2-4-12-6/h6H,2-4H2,1H3,(H3,9,10,11). The third kappa shape index (κ3) is 1.18. The first-order valence-corrected chi connectivity index (χ1v) is 4.21. The lowest BCUT2D eigenvalue weighted by Gasteiger charge is -2.05. The van der Waals surface area contributed by atoms with E-state index in [-0.39, 0.29) is 6.10 Å². The molecule has 0 aromatic carbocycles. The highest BCUT2D eigenvalue weighted by molar-refractivity contribution is 5.26. The van der Waals surface area contributed by atoms with Gasteiger partial charge in [0.2, 0.25) is 0 Å². The average Bonchev–Trinajstić information content (AvgIpc) is 2.58. The van der Waals surface area contributed by atoms with E-state index >= 15 is 0 Å². The summed E-state index contributed by atoms with van der Waals surface area (Å²) in [5.74, 6) is 0.484. The van der Waals surface area contributed by atoms with Gasteiger partial charge >= 0.3 is 0 Å². The molecule has 1 atom stereocenters. The van der Waals surface area contributed by atoms with Crippen molar-refractivity contribution < 1.29 is 4.74 Å². The molecule has 1 aliphatic rings. The van der Waals surface area contributed by atoms with E-state index in [9.17, 15) is 0 Å². The molecule has 12 heavy (non-hydrogen) atoms. The van der Waals surface area contributed by atoms with Crippen molar-refractivity contribution in [2.45, 2.75) is 25.9 Å². The van der Waals surface area contributed by atoms with Crippen molar-refractivity contribution in [2.75, 3.05) is 12.3 Å². The molecule has 2 heterocycles. The van der Waals surface area contributed by atoms with Crippen molar-refractivity contribution in [3.8, 4) is 0 Å². The van der Waals surface area contributed by atoms with Crippen molar-refractivity contribution in [1.82, 2.24) is 9.97 Å². The molecule has 1 fully saturated rings. The Kier molecular flexibility index (Phi) is 1.77. The Morgan fingerprint density at radius 3 is 3.00 bits per heavy atom. The number of nitrogens with zero attached hydrogens (tertiary/aromatic N) is 1. The molecule has 1 aromatic heterocycles. The van der Waals surface area contributed by atoms with Gasteiger partial charge in [-0.05, 0) is 19.8 Å². The predicted octanol–water partition coefficient (Wildman–Crippen LogP) is 1.15. The number of nitrogens with two attached hydrogens (primary N) is 1. The summed E-state index contributed by atoms with van der Waals surface area (Å²) in [5.41, 5.74) is 7.53. The third-order valence-electron chi connectivity index (χ3n) is 2.18. The Hall–Kier alpha value is -1.03. The second kappa shape index (κ2) is 2.79. The summed E-state index contributed by atoms with van der Waals surface area (Å²) in [7, 11) is 0. The maximum Gasteiger partial charge on any atom is 0.197 e. The van der Waals surface area contributed by atoms with E-state index in [0.29, 0.717) is 5.95 Å². The van der Waals surface area contributed by atoms with Crippen molar-refractivity contribution in [1.29, 1.82) is 0 Å². The van der Waals surface area contributed by atoms with Gasteiger partial charge in [-0.25, -0.2) is 4.98 Å². The van der Waals surface area contributed by atoms with Crippen molar-refractivity contribution in [3.05, 3.63) is 11.4 Å². The summed E-state index contributed by atoms with van der Waals surface area (Å²) < 4.78 is 5.50. The van der Waals surface area contributed by atoms with Gasteiger partial charge in [0.1, 0.15) is 6.10 Å². The molecular formula is C8H13N3O. The van der Waals surface area contributed by atoms with Crippen LogP contribution < -0.4 is 5.73 Å². The molecular weight excluding hydrogens is 154 g/mol. The summed E-state index contributed by atoms with van der Waals surface area (Å²) in [6.45, 7) is 2.82. The molecule has 4 nitrogen and oxygen atoms in total. The molecule has 66 valence electrons. The number of anilines is 1. The number of imidazole rings is 1. The van der Waals surface area contributed by atoms with E-state index in [1.165, 1.54) is 0 Å². The smallest absolute Gasteiger partial charge is 0.197 e. The number of aryl methyl sites for hydroxylation is 1. The number of nitrogens with one attached hydrogen (secondary N) is 1. The van der Waals surface area contributed by atoms with Crippen LogP contribution in [-0.2, 0) is 4.74 Å². The first-order valence-electron chi connectivity index (χ1n) is 4.21. The molecule has 1 saturated heterocycles. The van der Waals surface area contributed by atoms with E-state index < -0.39 is 0 Å². The van der Waals surface area contributed by atoms with Crippen LogP contribution in [0, 0.1) is 6.92 Å². The maximum atomic E-state index is 5.52. The van der Waals surface area contributed by atoms with Gasteiger partial charge in [-0.3, -0.25) is 0 Å². The molecule has 2 rings (SSSR count). The van der Waals surface area contributed by atoms with Gasteiger partial charge < -0.3 is 15.5 Å². The summed E-state index contributed by atoms with van der Waals surface area (Å²) in [4.78, 5) is 7.16. The van der Waals surface area contributed by atoms with Gasteiger partial charge in [-0.1, -0.05) is 0 Å². The number of ether oxygens (including phenoxy) is 1. The summed E-state index contributed by atoms with van der Waals surface area (Å²) in [5, 5.41) is 0. The second-order valence-corrected chi connectivity index (χ2v) is 3.13. The summed E-state index contributed by atoms with van der Waals surface area (Å²) in [6.07, 6.45) is 2.35. The van der Waals surface area contributed by atoms with Crippen LogP contribution in [0.25, 0.3) is 0 Å². The van der Waals surface area contributed by atoms with Crippen molar-refractivity contribution >= 4 is 5.95 Å². The lowest BCUT2D eigenvalue weighted by atomic mass is 10.1. The molecule has 0 bridgehead atoms. The Morgan fingerprint density at radius 1 is 1.67 bits per heavy atom. The first kappa shape index (κ1) is 7.61. The minimum Gasteiger partial charge on any atom is -0.372 e. The highest BCUT2D eigenvalue weighted by Gasteiger charge is 2.22. The largest absolute Gasteiger partial charge is 0.372 e. The fraction of sp³-hybridized carbons (Fsp3) is 0.625. The molecule has 0 radical (unpaired) electrons. The van der Waals surface area contributed by atoms with Gasteiger partial charge in [0.05, 0.1) is 5.69 Å². The molecule has 0 spiro atoms. The van der Waals surface area contributed by atoms with Crippen molar-refractivity contribution in [3.63, 3.8) is 0 Å². The SMILES string of the molecule is Cc1[nH]c(N)nc1C1CCCO1. The minimum atomic E-state index is 0.165. The zero-order chi connectivity index (χ0) is 8.55. The minimum absolute atomic E-state index is 0.165. The monoisotopic (exact) mass is 167 g/mol. The molecule has 1 aromatic rings. The normalized spacial score (nSPS) is 23.2. The molecule has 4 heteroatoms. The van der Waals surface area contributed by atoms with Gasteiger partial charge in [0, 0.05) is 12.3 Å². The van der Waals surface area contributed by atoms with E-state index in [0.717, 1.165) is 30.8 Å². The molecule has 0 amide bonds. The Morgan fingerprint density at radius 2 is 2.50 bits per heavy atom. The average molecular weight is 167 g/mol. The van der Waals surface area contributed by atoms with E-state index in [1.54, 1.807) is 0 Å². The number of aromatic amines is 1. The zero-order valence-electron chi connectivity index (χ0n) is 7.13. The van der Waals surface area contributed by atoms with Crippen LogP contribution in [0.4, 0.5) is 5.95 Å². The van der Waals surface area contributed by atoms with Gasteiger partial charge in [-0.2, -0.15) is 0 Å². The fourth-order valence-corrected chi connectivity index (χ4v) is 1.60. The molecule has 1 unspecified atom stereocenters. The lowest BCUT2D eigenvalue weighted by Crippen LogP contribution is -1.98. The number of rotatable bonds is 1. The van der Waals surface area contributed by atoms with Crippen LogP contribution in [-0.4, -0.2) is 16.6 Å². The number of H-pyrrole nitrogens is 1. The predicted molar refractivity (Wildman–Crippen MR) is 45.7 cm³/mol. The topological polar surface area (TPSA) is 63.9 Å². The van der Waals surface area contributed by atoms with E-state index in [1.807, 2.05) is 6.92 Å². The van der Waals surface area contributed by atoms with Crippen LogP contribution in [0.15, 0.2) is 0 Å². The van der Waals surface area contributed by atoms with Gasteiger partial charge in [0.25, 0.3) is 0 Å². The number of hydrogen-bond donors (Lipinski definition) is 2. The molecule has 1 aliphatic heterocycles. The highest BCUT2D eigenvalue weighted by Crippen LogP contribution is 2.29. The summed E-state index contributed by atoms with van der Waals surface area (Å²) >= 11 is 0. The van der Waals surface area contributed by atoms with Crippen LogP contribution >= 0.6 is 0 Å². The van der Waals surface area contributed by atoms with Gasteiger partial charge in [0.15, 0.2) is 5.95 Å². The highest BCUT2D eigenvalue weighted by atomic mass is 16.5. The molecule has 0 saturated carbocycles. The molecule has 0 aliphatic carbocycles.